The lowest BCUT2D eigenvalue weighted by atomic mass is 10.4. The van der Waals surface area contributed by atoms with Gasteiger partial charge in [0.25, 0.3) is 0 Å². The maximum atomic E-state index is 10.2. The van der Waals surface area contributed by atoms with Crippen molar-refractivity contribution in [1.82, 2.24) is 4.98 Å². The van der Waals surface area contributed by atoms with Crippen molar-refractivity contribution < 1.29 is 4.92 Å². The van der Waals surface area contributed by atoms with Crippen molar-refractivity contribution in [2.75, 3.05) is 11.9 Å². The molecule has 0 aliphatic carbocycles. The van der Waals surface area contributed by atoms with Crippen molar-refractivity contribution in [2.45, 2.75) is 0 Å². The molecule has 0 aromatic carbocycles. The summed E-state index contributed by atoms with van der Waals surface area (Å²) in [5.74, 6) is -0.149. The van der Waals surface area contributed by atoms with Gasteiger partial charge in [0.05, 0.1) is 5.69 Å². The third kappa shape index (κ3) is 2.55. The first-order valence-electron chi connectivity index (χ1n) is 3.69. The monoisotopic (exact) mass is 179 g/mol. The summed E-state index contributed by atoms with van der Waals surface area (Å²) < 4.78 is 0. The summed E-state index contributed by atoms with van der Waals surface area (Å²) in [7, 11) is 0. The SMILES string of the molecule is C=CCNc1ccc([N+](=O)[O-])nc1. The maximum Gasteiger partial charge on any atom is 0.363 e. The first-order chi connectivity index (χ1) is 6.24. The van der Waals surface area contributed by atoms with Crippen molar-refractivity contribution in [3.8, 4) is 0 Å². The topological polar surface area (TPSA) is 68.1 Å². The number of nitro groups is 1. The molecule has 5 nitrogen and oxygen atoms in total. The molecular weight excluding hydrogens is 170 g/mol. The standard InChI is InChI=1S/C8H9N3O2/c1-2-5-9-7-3-4-8(10-6-7)11(12)13/h2-4,6,9H,1,5H2. The van der Waals surface area contributed by atoms with Gasteiger partial charge in [-0.25, -0.2) is 0 Å². The van der Waals surface area contributed by atoms with Gasteiger partial charge in [0.1, 0.15) is 0 Å². The van der Waals surface area contributed by atoms with Gasteiger partial charge in [0, 0.05) is 12.6 Å². The average Bonchev–Trinajstić information content (AvgIpc) is 2.15. The number of anilines is 1. The first-order valence-corrected chi connectivity index (χ1v) is 3.69. The van der Waals surface area contributed by atoms with Crippen molar-refractivity contribution in [3.05, 3.63) is 41.1 Å². The van der Waals surface area contributed by atoms with Crippen LogP contribution in [0.25, 0.3) is 0 Å². The lowest BCUT2D eigenvalue weighted by molar-refractivity contribution is -0.389. The summed E-state index contributed by atoms with van der Waals surface area (Å²) in [6.07, 6.45) is 3.11. The van der Waals surface area contributed by atoms with E-state index in [9.17, 15) is 10.1 Å². The predicted octanol–water partition coefficient (Wildman–Crippen LogP) is 1.59. The van der Waals surface area contributed by atoms with E-state index >= 15 is 0 Å². The fourth-order valence-corrected chi connectivity index (χ4v) is 0.789. The normalized spacial score (nSPS) is 9.23. The van der Waals surface area contributed by atoms with Crippen molar-refractivity contribution >= 4 is 11.5 Å². The van der Waals surface area contributed by atoms with Crippen LogP contribution >= 0.6 is 0 Å². The molecule has 13 heavy (non-hydrogen) atoms. The number of aromatic nitrogens is 1. The second kappa shape index (κ2) is 4.20. The number of hydrogen-bond acceptors (Lipinski definition) is 4. The lowest BCUT2D eigenvalue weighted by Crippen LogP contribution is -1.99. The number of nitrogens with one attached hydrogen (secondary N) is 1. The smallest absolute Gasteiger partial charge is 0.363 e. The van der Waals surface area contributed by atoms with Crippen LogP contribution in [0.2, 0.25) is 0 Å². The number of pyridine rings is 1. The van der Waals surface area contributed by atoms with Gasteiger partial charge < -0.3 is 15.4 Å². The Morgan fingerprint density at radius 2 is 2.46 bits per heavy atom. The summed E-state index contributed by atoms with van der Waals surface area (Å²) >= 11 is 0. The van der Waals surface area contributed by atoms with Gasteiger partial charge in [-0.3, -0.25) is 0 Å². The zero-order valence-corrected chi connectivity index (χ0v) is 6.93. The third-order valence-corrected chi connectivity index (χ3v) is 1.39. The van der Waals surface area contributed by atoms with Crippen LogP contribution in [-0.4, -0.2) is 16.5 Å². The molecule has 0 radical (unpaired) electrons. The van der Waals surface area contributed by atoms with E-state index in [0.717, 1.165) is 5.69 Å². The van der Waals surface area contributed by atoms with Gasteiger partial charge >= 0.3 is 5.82 Å². The molecule has 1 aromatic rings. The van der Waals surface area contributed by atoms with Crippen LogP contribution < -0.4 is 5.32 Å². The van der Waals surface area contributed by atoms with Crippen LogP contribution in [0.1, 0.15) is 0 Å². The fourth-order valence-electron chi connectivity index (χ4n) is 0.789. The van der Waals surface area contributed by atoms with E-state index in [2.05, 4.69) is 16.9 Å². The number of rotatable bonds is 4. The number of nitrogens with zero attached hydrogens (tertiary/aromatic N) is 2. The van der Waals surface area contributed by atoms with Crippen molar-refractivity contribution in [3.63, 3.8) is 0 Å². The average molecular weight is 179 g/mol. The van der Waals surface area contributed by atoms with Crippen LogP contribution in [0.15, 0.2) is 31.0 Å². The minimum Gasteiger partial charge on any atom is -0.379 e. The van der Waals surface area contributed by atoms with Gasteiger partial charge in [-0.15, -0.1) is 6.58 Å². The molecule has 1 heterocycles. The summed E-state index contributed by atoms with van der Waals surface area (Å²) in [6, 6.07) is 2.96. The Bertz CT molecular complexity index is 308. The van der Waals surface area contributed by atoms with E-state index in [1.165, 1.54) is 12.3 Å². The summed E-state index contributed by atoms with van der Waals surface area (Å²) in [5, 5.41) is 13.2. The Hall–Kier alpha value is -1.91. The molecule has 5 heteroatoms. The Balaban J connectivity index is 2.69. The molecule has 0 aliphatic heterocycles. The first kappa shape index (κ1) is 9.18. The molecule has 0 spiro atoms. The summed E-state index contributed by atoms with van der Waals surface area (Å²) in [6.45, 7) is 4.14. The molecule has 1 aromatic heterocycles. The summed E-state index contributed by atoms with van der Waals surface area (Å²) in [5.41, 5.74) is 0.741. The number of hydrogen-bond donors (Lipinski definition) is 1. The molecule has 0 fully saturated rings. The van der Waals surface area contributed by atoms with Crippen molar-refractivity contribution in [1.29, 1.82) is 0 Å². The van der Waals surface area contributed by atoms with Crippen LogP contribution in [0.3, 0.4) is 0 Å². The highest BCUT2D eigenvalue weighted by molar-refractivity contribution is 5.43. The van der Waals surface area contributed by atoms with E-state index < -0.39 is 4.92 Å². The molecule has 0 bridgehead atoms. The zero-order chi connectivity index (χ0) is 9.68. The molecule has 1 N–H and O–H groups in total. The highest BCUT2D eigenvalue weighted by atomic mass is 16.6. The minimum atomic E-state index is -0.530. The second-order valence-corrected chi connectivity index (χ2v) is 2.33. The molecule has 0 atom stereocenters. The molecule has 0 amide bonds. The van der Waals surface area contributed by atoms with Crippen LogP contribution in [-0.2, 0) is 0 Å². The van der Waals surface area contributed by atoms with Gasteiger partial charge in [-0.2, -0.15) is 0 Å². The van der Waals surface area contributed by atoms with Crippen molar-refractivity contribution in [2.24, 2.45) is 0 Å². The molecular formula is C8H9N3O2. The Morgan fingerprint density at radius 1 is 1.69 bits per heavy atom. The molecule has 0 saturated heterocycles. The van der Waals surface area contributed by atoms with Gasteiger partial charge in [0.15, 0.2) is 6.20 Å². The van der Waals surface area contributed by atoms with Crippen LogP contribution in [0.5, 0.6) is 0 Å². The Morgan fingerprint density at radius 3 is 2.92 bits per heavy atom. The van der Waals surface area contributed by atoms with Gasteiger partial charge in [-0.05, 0) is 16.0 Å². The highest BCUT2D eigenvalue weighted by Crippen LogP contribution is 2.10. The predicted molar refractivity (Wildman–Crippen MR) is 49.6 cm³/mol. The van der Waals surface area contributed by atoms with Crippen LogP contribution in [0, 0.1) is 10.1 Å². The van der Waals surface area contributed by atoms with E-state index in [1.54, 1.807) is 12.1 Å². The third-order valence-electron chi connectivity index (χ3n) is 1.39. The van der Waals surface area contributed by atoms with Gasteiger partial charge in [-0.1, -0.05) is 6.08 Å². The van der Waals surface area contributed by atoms with E-state index in [1.807, 2.05) is 0 Å². The summed E-state index contributed by atoms with van der Waals surface area (Å²) in [4.78, 5) is 13.3. The Labute approximate surface area is 75.3 Å². The fraction of sp³-hybridized carbons (Fsp3) is 0.125. The van der Waals surface area contributed by atoms with Crippen LogP contribution in [0.4, 0.5) is 11.5 Å². The largest absolute Gasteiger partial charge is 0.379 e. The molecule has 1 rings (SSSR count). The van der Waals surface area contributed by atoms with E-state index in [-0.39, 0.29) is 5.82 Å². The van der Waals surface area contributed by atoms with E-state index in [4.69, 9.17) is 0 Å². The lowest BCUT2D eigenvalue weighted by Gasteiger charge is -1.98. The maximum absolute atomic E-state index is 10.2. The second-order valence-electron chi connectivity index (χ2n) is 2.33. The molecule has 0 aliphatic rings. The molecule has 0 unspecified atom stereocenters. The molecule has 0 saturated carbocycles. The van der Waals surface area contributed by atoms with E-state index in [0.29, 0.717) is 6.54 Å². The molecule has 68 valence electrons. The highest BCUT2D eigenvalue weighted by Gasteiger charge is 2.04. The Kier molecular flexibility index (Phi) is 2.97. The minimum absolute atomic E-state index is 0.149. The van der Waals surface area contributed by atoms with Gasteiger partial charge in [0.2, 0.25) is 0 Å². The quantitative estimate of drug-likeness (QED) is 0.433. The zero-order valence-electron chi connectivity index (χ0n) is 6.93.